The normalized spacial score (nSPS) is 10.4. The summed E-state index contributed by atoms with van der Waals surface area (Å²) in [7, 11) is 2.90. The van der Waals surface area contributed by atoms with Crippen LogP contribution in [0.25, 0.3) is 0 Å². The molecule has 0 heterocycles. The molecule has 122 valence electrons. The van der Waals surface area contributed by atoms with E-state index in [-0.39, 0.29) is 26.3 Å². The van der Waals surface area contributed by atoms with Crippen LogP contribution in [0.1, 0.15) is 0 Å². The molecule has 1 N–H and O–H groups in total. The van der Waals surface area contributed by atoms with Gasteiger partial charge in [-0.1, -0.05) is 6.07 Å². The summed E-state index contributed by atoms with van der Waals surface area (Å²) in [5, 5.41) is 1.95. The lowest BCUT2D eigenvalue weighted by Crippen LogP contribution is -2.43. The van der Waals surface area contributed by atoms with Gasteiger partial charge in [0.05, 0.1) is 13.2 Å². The standard InChI is InChI=1S/C14H18F2N2O4/c1-21-8-6-18(7-9-22-2)14(20)13(19)17-12-10(15)4-3-5-11(12)16/h3-5H,6-9H2,1-2H3,(H,17,19). The second-order valence-electron chi connectivity index (χ2n) is 4.33. The average molecular weight is 316 g/mol. The van der Waals surface area contributed by atoms with Crippen molar-refractivity contribution in [3.05, 3.63) is 29.8 Å². The zero-order valence-corrected chi connectivity index (χ0v) is 12.4. The smallest absolute Gasteiger partial charge is 0.314 e. The van der Waals surface area contributed by atoms with Gasteiger partial charge in [0, 0.05) is 27.3 Å². The minimum Gasteiger partial charge on any atom is -0.383 e. The summed E-state index contributed by atoms with van der Waals surface area (Å²) in [5.41, 5.74) is -0.653. The number of hydrogen-bond donors (Lipinski definition) is 1. The quantitative estimate of drug-likeness (QED) is 0.763. The third-order valence-electron chi connectivity index (χ3n) is 2.81. The number of rotatable bonds is 7. The number of carbonyl (C=O) groups is 2. The van der Waals surface area contributed by atoms with Gasteiger partial charge in [0.25, 0.3) is 0 Å². The van der Waals surface area contributed by atoms with E-state index in [1.165, 1.54) is 19.1 Å². The molecule has 0 bridgehead atoms. The maximum atomic E-state index is 13.5. The van der Waals surface area contributed by atoms with Crippen LogP contribution in [0.2, 0.25) is 0 Å². The van der Waals surface area contributed by atoms with Gasteiger partial charge in [0.15, 0.2) is 0 Å². The fourth-order valence-electron chi connectivity index (χ4n) is 1.65. The largest absolute Gasteiger partial charge is 0.383 e. The molecule has 2 amide bonds. The second-order valence-corrected chi connectivity index (χ2v) is 4.33. The lowest BCUT2D eigenvalue weighted by atomic mass is 10.3. The lowest BCUT2D eigenvalue weighted by Gasteiger charge is -2.21. The highest BCUT2D eigenvalue weighted by atomic mass is 19.1. The molecule has 0 saturated carbocycles. The first kappa shape index (κ1) is 18.0. The van der Waals surface area contributed by atoms with Gasteiger partial charge in [-0.05, 0) is 12.1 Å². The molecule has 1 aromatic rings. The maximum absolute atomic E-state index is 13.5. The van der Waals surface area contributed by atoms with Crippen molar-refractivity contribution in [1.82, 2.24) is 4.90 Å². The first-order valence-corrected chi connectivity index (χ1v) is 6.53. The monoisotopic (exact) mass is 316 g/mol. The van der Waals surface area contributed by atoms with Crippen LogP contribution in [0, 0.1) is 11.6 Å². The number of benzene rings is 1. The van der Waals surface area contributed by atoms with E-state index in [2.05, 4.69) is 0 Å². The van der Waals surface area contributed by atoms with Gasteiger partial charge in [0.1, 0.15) is 17.3 Å². The zero-order valence-electron chi connectivity index (χ0n) is 12.4. The number of nitrogens with zero attached hydrogens (tertiary/aromatic N) is 1. The molecule has 0 aliphatic rings. The topological polar surface area (TPSA) is 67.9 Å². The van der Waals surface area contributed by atoms with Gasteiger partial charge in [-0.2, -0.15) is 0 Å². The van der Waals surface area contributed by atoms with Crippen LogP contribution in [0.15, 0.2) is 18.2 Å². The molecule has 6 nitrogen and oxygen atoms in total. The molecule has 22 heavy (non-hydrogen) atoms. The van der Waals surface area contributed by atoms with Crippen molar-refractivity contribution in [2.75, 3.05) is 45.8 Å². The van der Waals surface area contributed by atoms with E-state index in [1.54, 1.807) is 0 Å². The molecule has 0 saturated heterocycles. The van der Waals surface area contributed by atoms with E-state index in [0.29, 0.717) is 0 Å². The van der Waals surface area contributed by atoms with Gasteiger partial charge in [-0.3, -0.25) is 9.59 Å². The number of halogens is 2. The van der Waals surface area contributed by atoms with Gasteiger partial charge in [-0.25, -0.2) is 8.78 Å². The third-order valence-corrected chi connectivity index (χ3v) is 2.81. The van der Waals surface area contributed by atoms with Crippen molar-refractivity contribution in [3.63, 3.8) is 0 Å². The molecular weight excluding hydrogens is 298 g/mol. The van der Waals surface area contributed by atoms with E-state index in [0.717, 1.165) is 18.2 Å². The molecule has 0 atom stereocenters. The number of anilines is 1. The summed E-state index contributed by atoms with van der Waals surface area (Å²) < 4.78 is 36.6. The molecular formula is C14H18F2N2O4. The van der Waals surface area contributed by atoms with Crippen molar-refractivity contribution >= 4 is 17.5 Å². The fraction of sp³-hybridized carbons (Fsp3) is 0.429. The number of ether oxygens (including phenoxy) is 2. The van der Waals surface area contributed by atoms with Crippen LogP contribution in [-0.2, 0) is 19.1 Å². The SMILES string of the molecule is COCCN(CCOC)C(=O)C(=O)Nc1c(F)cccc1F. The zero-order chi connectivity index (χ0) is 16.5. The van der Waals surface area contributed by atoms with Crippen LogP contribution >= 0.6 is 0 Å². The van der Waals surface area contributed by atoms with Crippen LogP contribution in [0.4, 0.5) is 14.5 Å². The highest BCUT2D eigenvalue weighted by molar-refractivity contribution is 6.39. The summed E-state index contributed by atoms with van der Waals surface area (Å²) in [6, 6.07) is 3.12. The van der Waals surface area contributed by atoms with Crippen LogP contribution in [0.3, 0.4) is 0 Å². The Morgan fingerprint density at radius 1 is 1.09 bits per heavy atom. The minimum atomic E-state index is -1.13. The van der Waals surface area contributed by atoms with Crippen molar-refractivity contribution in [1.29, 1.82) is 0 Å². The number of methoxy groups -OCH3 is 2. The van der Waals surface area contributed by atoms with Gasteiger partial charge < -0.3 is 19.7 Å². The summed E-state index contributed by atoms with van der Waals surface area (Å²) >= 11 is 0. The summed E-state index contributed by atoms with van der Waals surface area (Å²) in [4.78, 5) is 25.1. The molecule has 1 aromatic carbocycles. The Bertz CT molecular complexity index is 497. The van der Waals surface area contributed by atoms with Crippen molar-refractivity contribution in [2.45, 2.75) is 0 Å². The maximum Gasteiger partial charge on any atom is 0.314 e. The van der Waals surface area contributed by atoms with Gasteiger partial charge in [-0.15, -0.1) is 0 Å². The predicted octanol–water partition coefficient (Wildman–Crippen LogP) is 1.02. The van der Waals surface area contributed by atoms with Crippen molar-refractivity contribution in [2.24, 2.45) is 0 Å². The highest BCUT2D eigenvalue weighted by Crippen LogP contribution is 2.17. The molecule has 0 aliphatic heterocycles. The summed E-state index contributed by atoms with van der Waals surface area (Å²) in [5.74, 6) is -3.96. The number of para-hydroxylation sites is 1. The number of hydrogen-bond acceptors (Lipinski definition) is 4. The van der Waals surface area contributed by atoms with Crippen molar-refractivity contribution < 1.29 is 27.8 Å². The Morgan fingerprint density at radius 3 is 2.05 bits per heavy atom. The van der Waals surface area contributed by atoms with Crippen LogP contribution in [-0.4, -0.2) is 57.2 Å². The Balaban J connectivity index is 2.78. The average Bonchev–Trinajstić information content (AvgIpc) is 2.50. The second kappa shape index (κ2) is 9.06. The van der Waals surface area contributed by atoms with E-state index in [1.807, 2.05) is 5.32 Å². The Hall–Kier alpha value is -2.06. The highest BCUT2D eigenvalue weighted by Gasteiger charge is 2.23. The molecule has 1 rings (SSSR count). The number of amides is 2. The van der Waals surface area contributed by atoms with E-state index in [4.69, 9.17) is 9.47 Å². The summed E-state index contributed by atoms with van der Waals surface area (Å²) in [6.45, 7) is 0.755. The number of carbonyl (C=O) groups excluding carboxylic acids is 2. The minimum absolute atomic E-state index is 0.159. The van der Waals surface area contributed by atoms with Gasteiger partial charge in [0.2, 0.25) is 0 Å². The third kappa shape index (κ3) is 5.05. The van der Waals surface area contributed by atoms with Gasteiger partial charge >= 0.3 is 11.8 Å². The molecule has 0 fully saturated rings. The van der Waals surface area contributed by atoms with Crippen LogP contribution < -0.4 is 5.32 Å². The van der Waals surface area contributed by atoms with Crippen molar-refractivity contribution in [3.8, 4) is 0 Å². The van der Waals surface area contributed by atoms with E-state index >= 15 is 0 Å². The molecule has 0 unspecified atom stereocenters. The van der Waals surface area contributed by atoms with E-state index < -0.39 is 29.1 Å². The Morgan fingerprint density at radius 2 is 1.59 bits per heavy atom. The predicted molar refractivity (Wildman–Crippen MR) is 75.3 cm³/mol. The van der Waals surface area contributed by atoms with Crippen LogP contribution in [0.5, 0.6) is 0 Å². The lowest BCUT2D eigenvalue weighted by molar-refractivity contribution is -0.144. The summed E-state index contributed by atoms with van der Waals surface area (Å²) in [6.07, 6.45) is 0. The fourth-order valence-corrected chi connectivity index (χ4v) is 1.65. The Labute approximate surface area is 127 Å². The molecule has 0 aliphatic carbocycles. The molecule has 8 heteroatoms. The first-order chi connectivity index (χ1) is 10.5. The number of nitrogens with one attached hydrogen (secondary N) is 1. The Kier molecular flexibility index (Phi) is 7.41. The first-order valence-electron chi connectivity index (χ1n) is 6.53. The molecule has 0 radical (unpaired) electrons. The molecule has 0 aromatic heterocycles. The molecule has 0 spiro atoms. The van der Waals surface area contributed by atoms with E-state index in [9.17, 15) is 18.4 Å².